The normalized spacial score (nSPS) is 11.0. The molecular formula is C16H26N2O3S. The fourth-order valence-electron chi connectivity index (χ4n) is 1.78. The first-order chi connectivity index (χ1) is 10.4. The molecule has 5 nitrogen and oxygen atoms in total. The number of benzene rings is 1. The van der Waals surface area contributed by atoms with Crippen molar-refractivity contribution < 1.29 is 14.3 Å². The maximum atomic E-state index is 12.0. The van der Waals surface area contributed by atoms with Gasteiger partial charge in [-0.1, -0.05) is 12.8 Å². The Morgan fingerprint density at radius 1 is 1.27 bits per heavy atom. The molecule has 0 aliphatic rings. The molecule has 0 aromatic heterocycles. The van der Waals surface area contributed by atoms with E-state index in [0.29, 0.717) is 19.7 Å². The van der Waals surface area contributed by atoms with E-state index in [0.717, 1.165) is 17.9 Å². The Labute approximate surface area is 138 Å². The van der Waals surface area contributed by atoms with Crippen molar-refractivity contribution in [2.24, 2.45) is 0 Å². The maximum absolute atomic E-state index is 12.0. The monoisotopic (exact) mass is 326 g/mol. The van der Waals surface area contributed by atoms with Gasteiger partial charge in [0.1, 0.15) is 11.4 Å². The maximum Gasteiger partial charge on any atom is 0.410 e. The van der Waals surface area contributed by atoms with Crippen LogP contribution in [0, 0.1) is 0 Å². The summed E-state index contributed by atoms with van der Waals surface area (Å²) in [5.74, 6) is 0.799. The van der Waals surface area contributed by atoms with Crippen LogP contribution in [0.4, 0.5) is 10.5 Å². The second kappa shape index (κ2) is 8.78. The fraction of sp³-hybridized carbons (Fsp3) is 0.562. The third-order valence-corrected chi connectivity index (χ3v) is 3.12. The lowest BCUT2D eigenvalue weighted by Crippen LogP contribution is -2.37. The molecule has 1 aromatic carbocycles. The SMILES string of the molecule is CCN(CCCOc1ccc(NS)cc1)C(=O)OC(C)(C)C. The molecule has 1 rings (SSSR count). The van der Waals surface area contributed by atoms with Crippen LogP contribution in [-0.2, 0) is 4.74 Å². The average molecular weight is 326 g/mol. The van der Waals surface area contributed by atoms with E-state index in [1.165, 1.54) is 0 Å². The molecule has 22 heavy (non-hydrogen) atoms. The van der Waals surface area contributed by atoms with Gasteiger partial charge < -0.3 is 19.1 Å². The standard InChI is InChI=1S/C16H26N2O3S/c1-5-18(15(19)21-16(2,3)4)11-6-12-20-14-9-7-13(17-22)8-10-14/h7-10,17,22H,5-6,11-12H2,1-4H3. The highest BCUT2D eigenvalue weighted by Gasteiger charge is 2.20. The first-order valence-electron chi connectivity index (χ1n) is 7.46. The van der Waals surface area contributed by atoms with Crippen LogP contribution in [0.15, 0.2) is 24.3 Å². The van der Waals surface area contributed by atoms with Crippen LogP contribution in [0.25, 0.3) is 0 Å². The molecule has 1 N–H and O–H groups in total. The zero-order valence-corrected chi connectivity index (χ0v) is 14.7. The van der Waals surface area contributed by atoms with Crippen LogP contribution in [0.3, 0.4) is 0 Å². The van der Waals surface area contributed by atoms with Gasteiger partial charge in [0.2, 0.25) is 0 Å². The molecule has 0 atom stereocenters. The van der Waals surface area contributed by atoms with Gasteiger partial charge in [-0.3, -0.25) is 0 Å². The quantitative estimate of drug-likeness (QED) is 0.588. The summed E-state index contributed by atoms with van der Waals surface area (Å²) in [5.41, 5.74) is 0.446. The second-order valence-electron chi connectivity index (χ2n) is 5.90. The van der Waals surface area contributed by atoms with Crippen molar-refractivity contribution in [3.63, 3.8) is 0 Å². The number of ether oxygens (including phenoxy) is 2. The summed E-state index contributed by atoms with van der Waals surface area (Å²) in [7, 11) is 0. The summed E-state index contributed by atoms with van der Waals surface area (Å²) in [6.07, 6.45) is 0.471. The van der Waals surface area contributed by atoms with Crippen LogP contribution in [0.5, 0.6) is 5.75 Å². The van der Waals surface area contributed by atoms with E-state index in [4.69, 9.17) is 9.47 Å². The lowest BCUT2D eigenvalue weighted by molar-refractivity contribution is 0.0252. The van der Waals surface area contributed by atoms with Crippen molar-refractivity contribution in [2.45, 2.75) is 39.7 Å². The first-order valence-corrected chi connectivity index (χ1v) is 7.91. The molecule has 0 unspecified atom stereocenters. The largest absolute Gasteiger partial charge is 0.494 e. The molecule has 1 amide bonds. The molecule has 0 aliphatic carbocycles. The number of carbonyl (C=O) groups is 1. The van der Waals surface area contributed by atoms with Gasteiger partial charge in [0.05, 0.1) is 6.61 Å². The zero-order chi connectivity index (χ0) is 16.6. The van der Waals surface area contributed by atoms with Gasteiger partial charge in [-0.05, 0) is 58.4 Å². The van der Waals surface area contributed by atoms with Gasteiger partial charge in [-0.15, -0.1) is 0 Å². The molecule has 0 aliphatic heterocycles. The summed E-state index contributed by atoms with van der Waals surface area (Å²) in [5, 5.41) is 0. The van der Waals surface area contributed by atoms with Crippen molar-refractivity contribution in [3.8, 4) is 5.75 Å². The lowest BCUT2D eigenvalue weighted by atomic mass is 10.2. The Kier molecular flexibility index (Phi) is 7.38. The average Bonchev–Trinajstić information content (AvgIpc) is 2.46. The predicted molar refractivity (Wildman–Crippen MR) is 92.6 cm³/mol. The van der Waals surface area contributed by atoms with Gasteiger partial charge in [0.25, 0.3) is 0 Å². The summed E-state index contributed by atoms with van der Waals surface area (Å²) in [4.78, 5) is 13.7. The van der Waals surface area contributed by atoms with E-state index in [2.05, 4.69) is 17.5 Å². The molecule has 6 heteroatoms. The predicted octanol–water partition coefficient (Wildman–Crippen LogP) is 3.97. The minimum absolute atomic E-state index is 0.279. The number of anilines is 1. The second-order valence-corrected chi connectivity index (χ2v) is 6.12. The number of thiol groups is 1. The molecule has 0 saturated carbocycles. The third kappa shape index (κ3) is 6.93. The number of amides is 1. The van der Waals surface area contributed by atoms with Crippen molar-refractivity contribution >= 4 is 24.6 Å². The molecular weight excluding hydrogens is 300 g/mol. The van der Waals surface area contributed by atoms with Crippen molar-refractivity contribution in [1.29, 1.82) is 0 Å². The Morgan fingerprint density at radius 3 is 2.41 bits per heavy atom. The van der Waals surface area contributed by atoms with E-state index in [1.54, 1.807) is 4.90 Å². The Balaban J connectivity index is 2.33. The highest BCUT2D eigenvalue weighted by Crippen LogP contribution is 2.16. The van der Waals surface area contributed by atoms with Crippen molar-refractivity contribution in [3.05, 3.63) is 24.3 Å². The summed E-state index contributed by atoms with van der Waals surface area (Å²) in [6.45, 7) is 9.32. The van der Waals surface area contributed by atoms with Crippen LogP contribution >= 0.6 is 12.8 Å². The molecule has 0 spiro atoms. The van der Waals surface area contributed by atoms with Crippen LogP contribution < -0.4 is 9.46 Å². The molecule has 0 heterocycles. The van der Waals surface area contributed by atoms with Gasteiger partial charge >= 0.3 is 6.09 Å². The molecule has 124 valence electrons. The number of hydrogen-bond acceptors (Lipinski definition) is 5. The van der Waals surface area contributed by atoms with Gasteiger partial charge in [-0.2, -0.15) is 0 Å². The number of nitrogens with one attached hydrogen (secondary N) is 1. The van der Waals surface area contributed by atoms with Crippen LogP contribution in [0.1, 0.15) is 34.1 Å². The van der Waals surface area contributed by atoms with E-state index in [9.17, 15) is 4.79 Å². The highest BCUT2D eigenvalue weighted by molar-refractivity contribution is 7.81. The number of hydrogen-bond donors (Lipinski definition) is 2. The van der Waals surface area contributed by atoms with Gasteiger partial charge in [0, 0.05) is 18.8 Å². The third-order valence-electron chi connectivity index (χ3n) is 2.86. The van der Waals surface area contributed by atoms with Crippen LogP contribution in [0.2, 0.25) is 0 Å². The molecule has 0 radical (unpaired) electrons. The van der Waals surface area contributed by atoms with E-state index >= 15 is 0 Å². The molecule has 0 fully saturated rings. The number of nitrogens with zero attached hydrogens (tertiary/aromatic N) is 1. The van der Waals surface area contributed by atoms with Crippen molar-refractivity contribution in [1.82, 2.24) is 4.90 Å². The number of rotatable bonds is 7. The van der Waals surface area contributed by atoms with E-state index in [1.807, 2.05) is 52.0 Å². The fourth-order valence-corrected chi connectivity index (χ4v) is 1.93. The first kappa shape index (κ1) is 18.5. The van der Waals surface area contributed by atoms with Crippen molar-refractivity contribution in [2.75, 3.05) is 24.4 Å². The highest BCUT2D eigenvalue weighted by atomic mass is 32.1. The minimum Gasteiger partial charge on any atom is -0.494 e. The zero-order valence-electron chi connectivity index (χ0n) is 13.8. The Hall–Kier alpha value is -1.56. The van der Waals surface area contributed by atoms with Gasteiger partial charge in [-0.25, -0.2) is 4.79 Å². The smallest absolute Gasteiger partial charge is 0.410 e. The molecule has 0 bridgehead atoms. The van der Waals surface area contributed by atoms with E-state index in [-0.39, 0.29) is 6.09 Å². The topological polar surface area (TPSA) is 50.8 Å². The minimum atomic E-state index is -0.468. The summed E-state index contributed by atoms with van der Waals surface area (Å²) < 4.78 is 13.8. The van der Waals surface area contributed by atoms with E-state index < -0.39 is 5.60 Å². The van der Waals surface area contributed by atoms with Gasteiger partial charge in [0.15, 0.2) is 0 Å². The van der Waals surface area contributed by atoms with Crippen LogP contribution in [-0.4, -0.2) is 36.3 Å². The summed E-state index contributed by atoms with van der Waals surface area (Å²) >= 11 is 3.97. The lowest BCUT2D eigenvalue weighted by Gasteiger charge is -2.26. The summed E-state index contributed by atoms with van der Waals surface area (Å²) in [6, 6.07) is 7.54. The molecule has 1 aromatic rings. The Bertz CT molecular complexity index is 457. The Morgan fingerprint density at radius 2 is 1.91 bits per heavy atom. The molecule has 0 saturated heterocycles. The number of carbonyl (C=O) groups excluding carboxylic acids is 1.